The topological polar surface area (TPSA) is 55.7 Å². The summed E-state index contributed by atoms with van der Waals surface area (Å²) in [6.07, 6.45) is 4.28. The van der Waals surface area contributed by atoms with Crippen LogP contribution in [-0.4, -0.2) is 38.0 Å². The number of ether oxygens (including phenoxy) is 1. The molecule has 0 unspecified atom stereocenters. The molecule has 0 amide bonds. The van der Waals surface area contributed by atoms with Crippen molar-refractivity contribution in [3.8, 4) is 5.75 Å². The maximum Gasteiger partial charge on any atom is 0.138 e. The van der Waals surface area contributed by atoms with Gasteiger partial charge in [-0.2, -0.15) is 0 Å². The highest BCUT2D eigenvalue weighted by Crippen LogP contribution is 2.19. The maximum absolute atomic E-state index is 5.94. The smallest absolute Gasteiger partial charge is 0.138 e. The zero-order valence-corrected chi connectivity index (χ0v) is 11.0. The van der Waals surface area contributed by atoms with Gasteiger partial charge in [0.1, 0.15) is 18.0 Å². The van der Waals surface area contributed by atoms with Gasteiger partial charge in [0.2, 0.25) is 0 Å². The van der Waals surface area contributed by atoms with Crippen LogP contribution in [0.3, 0.4) is 0 Å². The van der Waals surface area contributed by atoms with Crippen molar-refractivity contribution in [3.63, 3.8) is 0 Å². The van der Waals surface area contributed by atoms with Gasteiger partial charge in [0, 0.05) is 18.0 Å². The van der Waals surface area contributed by atoms with Crippen LogP contribution in [0.2, 0.25) is 5.15 Å². The lowest BCUT2D eigenvalue weighted by atomic mass is 10.1. The maximum atomic E-state index is 5.94. The van der Waals surface area contributed by atoms with E-state index in [4.69, 9.17) is 16.3 Å². The zero-order valence-electron chi connectivity index (χ0n) is 10.2. The van der Waals surface area contributed by atoms with E-state index in [0.29, 0.717) is 29.0 Å². The van der Waals surface area contributed by atoms with Crippen molar-refractivity contribution in [2.45, 2.75) is 6.42 Å². The normalized spacial score (nSPS) is 19.3. The Hall–Kier alpha value is -1.33. The van der Waals surface area contributed by atoms with E-state index in [0.717, 1.165) is 19.5 Å². The highest BCUT2D eigenvalue weighted by molar-refractivity contribution is 6.31. The van der Waals surface area contributed by atoms with Crippen LogP contribution in [0.15, 0.2) is 17.4 Å². The van der Waals surface area contributed by atoms with Gasteiger partial charge in [-0.25, -0.2) is 4.98 Å². The van der Waals surface area contributed by atoms with Crippen LogP contribution in [0.25, 0.3) is 0 Å². The van der Waals surface area contributed by atoms with Crippen LogP contribution >= 0.6 is 11.6 Å². The van der Waals surface area contributed by atoms with E-state index < -0.39 is 0 Å². The summed E-state index contributed by atoms with van der Waals surface area (Å²) in [6, 6.07) is 1.81. The first kappa shape index (κ1) is 13.1. The van der Waals surface area contributed by atoms with Crippen molar-refractivity contribution in [3.05, 3.63) is 23.0 Å². The molecule has 0 saturated carbocycles. The van der Waals surface area contributed by atoms with Gasteiger partial charge in [0.15, 0.2) is 0 Å². The fraction of sp³-hybridized carbons (Fsp3) is 0.500. The summed E-state index contributed by atoms with van der Waals surface area (Å²) in [4.78, 5) is 8.67. The summed E-state index contributed by atoms with van der Waals surface area (Å²) in [7, 11) is 1.48. The molecule has 1 aliphatic heterocycles. The summed E-state index contributed by atoms with van der Waals surface area (Å²) >= 11 is 5.94. The number of aromatic nitrogens is 1. The Bertz CT molecular complexity index is 420. The Kier molecular flexibility index (Phi) is 4.78. The van der Waals surface area contributed by atoms with Gasteiger partial charge in [-0.15, -0.1) is 0 Å². The van der Waals surface area contributed by atoms with Gasteiger partial charge < -0.3 is 14.9 Å². The summed E-state index contributed by atoms with van der Waals surface area (Å²) in [5, 5.41) is 7.35. The number of pyridine rings is 1. The molecular formula is C12H16ClN3O2. The fourth-order valence-electron chi connectivity index (χ4n) is 1.79. The van der Waals surface area contributed by atoms with Gasteiger partial charge in [-0.05, 0) is 19.0 Å². The van der Waals surface area contributed by atoms with Crippen molar-refractivity contribution < 1.29 is 9.57 Å². The van der Waals surface area contributed by atoms with E-state index in [1.165, 1.54) is 13.3 Å². The molecule has 0 aliphatic carbocycles. The Morgan fingerprint density at radius 1 is 1.67 bits per heavy atom. The largest absolute Gasteiger partial charge is 0.492 e. The minimum absolute atomic E-state index is 0.380. The molecule has 0 aromatic carbocycles. The Balaban J connectivity index is 1.97. The second-order valence-electron chi connectivity index (χ2n) is 4.14. The molecule has 0 bridgehead atoms. The first-order valence-electron chi connectivity index (χ1n) is 5.85. The molecule has 5 nitrogen and oxygen atoms in total. The van der Waals surface area contributed by atoms with Crippen molar-refractivity contribution in [1.29, 1.82) is 0 Å². The van der Waals surface area contributed by atoms with Crippen LogP contribution < -0.4 is 10.1 Å². The van der Waals surface area contributed by atoms with E-state index in [2.05, 4.69) is 20.3 Å². The van der Waals surface area contributed by atoms with E-state index in [1.54, 1.807) is 12.3 Å². The van der Waals surface area contributed by atoms with Gasteiger partial charge in [-0.1, -0.05) is 16.8 Å². The van der Waals surface area contributed by atoms with Gasteiger partial charge in [0.05, 0.1) is 19.0 Å². The van der Waals surface area contributed by atoms with Gasteiger partial charge in [0.25, 0.3) is 0 Å². The standard InChI is InChI=1S/C12H16ClN3O2/c1-17-16-6-10-4-11(7-15-12(10)13)18-8-9-2-3-14-5-9/h4,6-7,9,14H,2-3,5,8H2,1H3/t9-/m0/s1. The molecule has 0 radical (unpaired) electrons. The van der Waals surface area contributed by atoms with E-state index >= 15 is 0 Å². The van der Waals surface area contributed by atoms with Crippen LogP contribution in [-0.2, 0) is 4.84 Å². The monoisotopic (exact) mass is 269 g/mol. The predicted molar refractivity (Wildman–Crippen MR) is 70.3 cm³/mol. The zero-order chi connectivity index (χ0) is 12.8. The average molecular weight is 270 g/mol. The van der Waals surface area contributed by atoms with Crippen LogP contribution in [0.5, 0.6) is 5.75 Å². The molecule has 1 aliphatic rings. The quantitative estimate of drug-likeness (QED) is 0.502. The number of nitrogens with one attached hydrogen (secondary N) is 1. The molecule has 1 atom stereocenters. The molecule has 1 aromatic rings. The third-order valence-electron chi connectivity index (χ3n) is 2.79. The summed E-state index contributed by atoms with van der Waals surface area (Å²) in [5.74, 6) is 1.26. The lowest BCUT2D eigenvalue weighted by Crippen LogP contribution is -2.15. The molecule has 98 valence electrons. The number of nitrogens with zero attached hydrogens (tertiary/aromatic N) is 2. The average Bonchev–Trinajstić information content (AvgIpc) is 2.89. The van der Waals surface area contributed by atoms with Crippen LogP contribution in [0, 0.1) is 5.92 Å². The lowest BCUT2D eigenvalue weighted by Gasteiger charge is -2.11. The number of rotatable bonds is 5. The molecule has 2 heterocycles. The number of halogens is 1. The van der Waals surface area contributed by atoms with Crippen molar-refractivity contribution in [2.75, 3.05) is 26.8 Å². The van der Waals surface area contributed by atoms with Gasteiger partial charge >= 0.3 is 0 Å². The molecule has 1 fully saturated rings. The Morgan fingerprint density at radius 2 is 2.56 bits per heavy atom. The van der Waals surface area contributed by atoms with Gasteiger partial charge in [-0.3, -0.25) is 0 Å². The number of oxime groups is 1. The van der Waals surface area contributed by atoms with Crippen molar-refractivity contribution in [1.82, 2.24) is 10.3 Å². The second-order valence-corrected chi connectivity index (χ2v) is 4.50. The lowest BCUT2D eigenvalue weighted by molar-refractivity contribution is 0.215. The molecule has 18 heavy (non-hydrogen) atoms. The molecule has 1 N–H and O–H groups in total. The van der Waals surface area contributed by atoms with Crippen LogP contribution in [0.4, 0.5) is 0 Å². The number of hydrogen-bond acceptors (Lipinski definition) is 5. The van der Waals surface area contributed by atoms with Crippen LogP contribution in [0.1, 0.15) is 12.0 Å². The van der Waals surface area contributed by atoms with E-state index in [1.807, 2.05) is 0 Å². The highest BCUT2D eigenvalue weighted by Gasteiger charge is 2.15. The summed E-state index contributed by atoms with van der Waals surface area (Å²) in [5.41, 5.74) is 0.681. The Morgan fingerprint density at radius 3 is 3.28 bits per heavy atom. The third-order valence-corrected chi connectivity index (χ3v) is 3.10. The van der Waals surface area contributed by atoms with Crippen molar-refractivity contribution >= 4 is 17.8 Å². The van der Waals surface area contributed by atoms with E-state index in [9.17, 15) is 0 Å². The fourth-order valence-corrected chi connectivity index (χ4v) is 1.95. The minimum atomic E-state index is 0.380. The number of hydrogen-bond donors (Lipinski definition) is 1. The second kappa shape index (κ2) is 6.56. The summed E-state index contributed by atoms with van der Waals surface area (Å²) in [6.45, 7) is 2.77. The first-order valence-corrected chi connectivity index (χ1v) is 6.23. The highest BCUT2D eigenvalue weighted by atomic mass is 35.5. The SMILES string of the molecule is CON=Cc1cc(OC[C@H]2CCNC2)cnc1Cl. The minimum Gasteiger partial charge on any atom is -0.492 e. The molecule has 1 saturated heterocycles. The Labute approximate surface area is 111 Å². The van der Waals surface area contributed by atoms with Crippen molar-refractivity contribution in [2.24, 2.45) is 11.1 Å². The summed E-state index contributed by atoms with van der Waals surface area (Å²) < 4.78 is 5.70. The molecule has 1 aromatic heterocycles. The molecular weight excluding hydrogens is 254 g/mol. The first-order chi connectivity index (χ1) is 8.79. The van der Waals surface area contributed by atoms with E-state index in [-0.39, 0.29) is 0 Å². The molecule has 6 heteroatoms. The third kappa shape index (κ3) is 3.58. The molecule has 0 spiro atoms. The molecule has 2 rings (SSSR count). The predicted octanol–water partition coefficient (Wildman–Crippen LogP) is 1.70.